The Labute approximate surface area is 225 Å². The molecule has 0 bridgehead atoms. The number of nitrogens with one attached hydrogen (secondary N) is 2. The van der Waals surface area contributed by atoms with Gasteiger partial charge in [-0.2, -0.15) is 5.10 Å². The Morgan fingerprint density at radius 1 is 1.10 bits per heavy atom. The Morgan fingerprint density at radius 3 is 2.67 bits per heavy atom. The number of carbonyl (C=O) groups excluding carboxylic acids is 2. The van der Waals surface area contributed by atoms with Gasteiger partial charge in [0.05, 0.1) is 24.7 Å². The number of carbonyl (C=O) groups is 3. The zero-order chi connectivity index (χ0) is 27.6. The van der Waals surface area contributed by atoms with Crippen LogP contribution in [0.1, 0.15) is 24.1 Å². The van der Waals surface area contributed by atoms with Crippen molar-refractivity contribution in [3.8, 4) is 11.5 Å². The molecule has 11 nitrogen and oxygen atoms in total. The Balaban J connectivity index is 1.41. The van der Waals surface area contributed by atoms with Crippen LogP contribution in [0.2, 0.25) is 0 Å². The molecule has 1 fully saturated rings. The minimum atomic E-state index is -1.31. The van der Waals surface area contributed by atoms with Crippen LogP contribution in [0, 0.1) is 0 Å². The molecule has 39 heavy (non-hydrogen) atoms. The first-order valence-corrected chi connectivity index (χ1v) is 12.8. The predicted octanol–water partition coefficient (Wildman–Crippen LogP) is 2.46. The molecule has 0 aliphatic carbocycles. The lowest BCUT2D eigenvalue weighted by molar-refractivity contribution is -0.155. The summed E-state index contributed by atoms with van der Waals surface area (Å²) in [5.41, 5.74) is 2.62. The molecule has 0 spiro atoms. The van der Waals surface area contributed by atoms with E-state index in [-0.39, 0.29) is 12.6 Å². The normalized spacial score (nSPS) is 14.8. The first-order valence-electron chi connectivity index (χ1n) is 12.8. The van der Waals surface area contributed by atoms with Crippen molar-refractivity contribution in [2.24, 2.45) is 0 Å². The molecule has 206 valence electrons. The molecule has 1 atom stereocenters. The van der Waals surface area contributed by atoms with E-state index >= 15 is 0 Å². The fourth-order valence-corrected chi connectivity index (χ4v) is 4.50. The number of para-hydroxylation sites is 1. The number of hydrogen-bond acceptors (Lipinski definition) is 9. The van der Waals surface area contributed by atoms with Crippen LogP contribution in [0.5, 0.6) is 11.5 Å². The lowest BCUT2D eigenvalue weighted by Gasteiger charge is -2.35. The van der Waals surface area contributed by atoms with Crippen LogP contribution in [0.3, 0.4) is 0 Å². The zero-order valence-corrected chi connectivity index (χ0v) is 21.7. The Hall–Kier alpha value is -4.22. The van der Waals surface area contributed by atoms with Crippen LogP contribution in [-0.4, -0.2) is 77.6 Å². The van der Waals surface area contributed by atoms with Gasteiger partial charge < -0.3 is 24.6 Å². The molecule has 2 aromatic carbocycles. The summed E-state index contributed by atoms with van der Waals surface area (Å²) in [5, 5.41) is 20.7. The molecule has 3 aromatic rings. The largest absolute Gasteiger partial charge is 0.493 e. The molecule has 2 heterocycles. The fourth-order valence-electron chi connectivity index (χ4n) is 4.50. The van der Waals surface area contributed by atoms with E-state index in [4.69, 9.17) is 14.6 Å². The van der Waals surface area contributed by atoms with E-state index in [1.165, 1.54) is 7.11 Å². The highest BCUT2D eigenvalue weighted by Crippen LogP contribution is 2.31. The molecule has 11 heteroatoms. The summed E-state index contributed by atoms with van der Waals surface area (Å²) < 4.78 is 16.7. The number of aromatic amines is 1. The maximum absolute atomic E-state index is 12.1. The highest BCUT2D eigenvalue weighted by Gasteiger charge is 2.24. The number of carboxylic acid groups (broad SMARTS) is 1. The van der Waals surface area contributed by atoms with Gasteiger partial charge in [-0.3, -0.25) is 14.8 Å². The van der Waals surface area contributed by atoms with Crippen LogP contribution in [0.25, 0.3) is 10.9 Å². The standard InChI is InChI=1S/C28H32N4O7/c1-37-24-17-19(18-28(36)39-27(35)12-11-26(33)34)9-10-23(24)38-25(32-15-13-29-14-16-32)8-4-7-22-20-5-2-3-6-21(20)30-31-22/h2-3,5-6,9-12,17,25,29H,4,7-8,13-16,18H2,1H3,(H,30,31)(H,33,34)/b12-11+. The molecule has 1 unspecified atom stereocenters. The minimum absolute atomic E-state index is 0.180. The van der Waals surface area contributed by atoms with E-state index in [9.17, 15) is 14.4 Å². The molecule has 1 aromatic heterocycles. The number of piperazine rings is 1. The molecule has 1 saturated heterocycles. The Morgan fingerprint density at radius 2 is 1.90 bits per heavy atom. The number of H-pyrrole nitrogens is 1. The SMILES string of the molecule is COc1cc(CC(=O)OC(=O)/C=C/C(=O)O)ccc1OC(CCCc1n[nH]c2ccccc12)N1CCNCC1. The average Bonchev–Trinajstić information content (AvgIpc) is 3.35. The summed E-state index contributed by atoms with van der Waals surface area (Å²) in [6.45, 7) is 3.46. The van der Waals surface area contributed by atoms with Crippen molar-refractivity contribution in [1.82, 2.24) is 20.4 Å². The number of carboxylic acids is 1. The third-order valence-electron chi connectivity index (χ3n) is 6.39. The second-order valence-corrected chi connectivity index (χ2v) is 9.09. The number of benzene rings is 2. The third kappa shape index (κ3) is 7.88. The van der Waals surface area contributed by atoms with Gasteiger partial charge in [-0.1, -0.05) is 24.3 Å². The highest BCUT2D eigenvalue weighted by atomic mass is 16.6. The van der Waals surface area contributed by atoms with Gasteiger partial charge >= 0.3 is 17.9 Å². The quantitative estimate of drug-likeness (QED) is 0.179. The maximum Gasteiger partial charge on any atom is 0.338 e. The number of rotatable bonds is 12. The van der Waals surface area contributed by atoms with Crippen molar-refractivity contribution in [1.29, 1.82) is 0 Å². The van der Waals surface area contributed by atoms with E-state index in [0.29, 0.717) is 29.2 Å². The summed E-state index contributed by atoms with van der Waals surface area (Å²) in [6, 6.07) is 13.2. The lowest BCUT2D eigenvalue weighted by Crippen LogP contribution is -2.50. The van der Waals surface area contributed by atoms with Crippen LogP contribution in [0.15, 0.2) is 54.6 Å². The van der Waals surface area contributed by atoms with Gasteiger partial charge in [0, 0.05) is 43.7 Å². The monoisotopic (exact) mass is 536 g/mol. The number of aromatic nitrogens is 2. The zero-order valence-electron chi connectivity index (χ0n) is 21.7. The van der Waals surface area contributed by atoms with Gasteiger partial charge in [-0.25, -0.2) is 9.59 Å². The summed E-state index contributed by atoms with van der Waals surface area (Å²) in [4.78, 5) is 36.5. The number of aliphatic carboxylic acids is 1. The molecule has 0 saturated carbocycles. The molecule has 3 N–H and O–H groups in total. The minimum Gasteiger partial charge on any atom is -0.493 e. The predicted molar refractivity (Wildman–Crippen MR) is 142 cm³/mol. The molecule has 0 radical (unpaired) electrons. The Bertz CT molecular complexity index is 1330. The van der Waals surface area contributed by atoms with Crippen LogP contribution in [0.4, 0.5) is 0 Å². The molecule has 0 amide bonds. The van der Waals surface area contributed by atoms with Gasteiger partial charge in [0.2, 0.25) is 0 Å². The van der Waals surface area contributed by atoms with Crippen molar-refractivity contribution < 1.29 is 33.7 Å². The molecule has 1 aliphatic heterocycles. The topological polar surface area (TPSA) is 143 Å². The van der Waals surface area contributed by atoms with E-state index in [2.05, 4.69) is 31.2 Å². The molecule has 4 rings (SSSR count). The number of fused-ring (bicyclic) bond motifs is 1. The van der Waals surface area contributed by atoms with Crippen molar-refractivity contribution in [3.05, 3.63) is 65.9 Å². The van der Waals surface area contributed by atoms with Gasteiger partial charge in [0.25, 0.3) is 0 Å². The van der Waals surface area contributed by atoms with Crippen LogP contribution < -0.4 is 14.8 Å². The Kier molecular flexibility index (Phi) is 9.65. The highest BCUT2D eigenvalue weighted by molar-refractivity contribution is 5.96. The molecule has 1 aliphatic rings. The molecular weight excluding hydrogens is 504 g/mol. The summed E-state index contributed by atoms with van der Waals surface area (Å²) in [6.07, 6.45) is 3.39. The van der Waals surface area contributed by atoms with Crippen molar-refractivity contribution in [2.75, 3.05) is 33.3 Å². The van der Waals surface area contributed by atoms with E-state index in [1.54, 1.807) is 18.2 Å². The van der Waals surface area contributed by atoms with E-state index in [0.717, 1.165) is 62.0 Å². The smallest absolute Gasteiger partial charge is 0.338 e. The second kappa shape index (κ2) is 13.5. The number of methoxy groups -OCH3 is 1. The van der Waals surface area contributed by atoms with Gasteiger partial charge in [0.1, 0.15) is 0 Å². The fraction of sp³-hybridized carbons (Fsp3) is 0.357. The number of aryl methyl sites for hydroxylation is 1. The average molecular weight is 537 g/mol. The van der Waals surface area contributed by atoms with Crippen molar-refractivity contribution >= 4 is 28.8 Å². The summed E-state index contributed by atoms with van der Waals surface area (Å²) in [7, 11) is 1.52. The maximum atomic E-state index is 12.1. The number of esters is 2. The summed E-state index contributed by atoms with van der Waals surface area (Å²) in [5.74, 6) is -2.17. The molecular formula is C28H32N4O7. The first-order chi connectivity index (χ1) is 18.9. The van der Waals surface area contributed by atoms with E-state index in [1.807, 2.05) is 18.2 Å². The van der Waals surface area contributed by atoms with Gasteiger partial charge in [-0.15, -0.1) is 0 Å². The van der Waals surface area contributed by atoms with Gasteiger partial charge in [-0.05, 0) is 43.0 Å². The summed E-state index contributed by atoms with van der Waals surface area (Å²) >= 11 is 0. The lowest BCUT2D eigenvalue weighted by atomic mass is 10.1. The van der Waals surface area contributed by atoms with Crippen LogP contribution in [-0.2, 0) is 32.0 Å². The number of hydrogen-bond donors (Lipinski definition) is 3. The first kappa shape index (κ1) is 27.8. The van der Waals surface area contributed by atoms with E-state index < -0.39 is 17.9 Å². The third-order valence-corrected chi connectivity index (χ3v) is 6.39. The second-order valence-electron chi connectivity index (χ2n) is 9.09. The van der Waals surface area contributed by atoms with Crippen LogP contribution >= 0.6 is 0 Å². The number of nitrogens with zero attached hydrogens (tertiary/aromatic N) is 2. The van der Waals surface area contributed by atoms with Crippen molar-refractivity contribution in [3.63, 3.8) is 0 Å². The number of ether oxygens (including phenoxy) is 3. The van der Waals surface area contributed by atoms with Gasteiger partial charge in [0.15, 0.2) is 17.7 Å². The van der Waals surface area contributed by atoms with Crippen molar-refractivity contribution in [2.45, 2.75) is 31.9 Å².